The Balaban J connectivity index is 1.59. The Labute approximate surface area is 273 Å². The van der Waals surface area contributed by atoms with Gasteiger partial charge < -0.3 is 29.3 Å². The minimum atomic E-state index is -1.19. The van der Waals surface area contributed by atoms with E-state index in [0.29, 0.717) is 39.8 Å². The Kier molecular flexibility index (Phi) is 9.74. The van der Waals surface area contributed by atoms with Crippen LogP contribution in [-0.2, 0) is 20.9 Å². The molecule has 0 aromatic heterocycles. The van der Waals surface area contributed by atoms with Crippen LogP contribution in [0.2, 0.25) is 0 Å². The summed E-state index contributed by atoms with van der Waals surface area (Å²) >= 11 is 0. The van der Waals surface area contributed by atoms with E-state index >= 15 is 0 Å². The van der Waals surface area contributed by atoms with Crippen LogP contribution in [0.3, 0.4) is 0 Å². The molecule has 0 radical (unpaired) electrons. The smallest absolute Gasteiger partial charge is 0.299 e. The lowest BCUT2D eigenvalue weighted by atomic mass is 10.0. The van der Waals surface area contributed by atoms with Gasteiger partial charge in [0, 0.05) is 32.0 Å². The molecular weight excluding hydrogens is 600 g/mol. The first-order chi connectivity index (χ1) is 22.6. The number of fused-ring (bicyclic) bond motifs is 1. The molecular formula is C36H36N4O7. The zero-order valence-electron chi connectivity index (χ0n) is 26.9. The molecule has 11 heteroatoms. The number of methoxy groups -OCH3 is 3. The largest absolute Gasteiger partial charge is 0.497 e. The van der Waals surface area contributed by atoms with E-state index in [2.05, 4.69) is 5.32 Å². The van der Waals surface area contributed by atoms with Crippen LogP contribution in [-0.4, -0.2) is 70.4 Å². The van der Waals surface area contributed by atoms with Crippen LogP contribution < -0.4 is 29.3 Å². The van der Waals surface area contributed by atoms with Gasteiger partial charge in [0.05, 0.1) is 32.6 Å². The van der Waals surface area contributed by atoms with Crippen LogP contribution in [0.1, 0.15) is 27.5 Å². The molecule has 0 fully saturated rings. The second-order valence-corrected chi connectivity index (χ2v) is 11.1. The van der Waals surface area contributed by atoms with Crippen molar-refractivity contribution in [1.82, 2.24) is 4.90 Å². The number of nitrogens with one attached hydrogen (secondary N) is 1. The minimum Gasteiger partial charge on any atom is -0.497 e. The van der Waals surface area contributed by atoms with Crippen LogP contribution in [0.15, 0.2) is 91.0 Å². The van der Waals surface area contributed by atoms with Crippen molar-refractivity contribution < 1.29 is 33.4 Å². The monoisotopic (exact) mass is 636 g/mol. The zero-order chi connectivity index (χ0) is 33.7. The molecule has 4 aromatic rings. The molecule has 0 bridgehead atoms. The topological polar surface area (TPSA) is 118 Å². The SMILES string of the molecule is COc1ccc(CN(C(=O)CN2C(=O)C(=O)c3ccccc32)C(C(=O)Nc2ccc(N(C)C)cc2)c2ccc(OC)c(OC)c2)cc1. The van der Waals surface area contributed by atoms with E-state index in [4.69, 9.17) is 14.2 Å². The summed E-state index contributed by atoms with van der Waals surface area (Å²) in [4.78, 5) is 59.1. The Hall–Kier alpha value is -5.84. The van der Waals surface area contributed by atoms with Gasteiger partial charge in [0.15, 0.2) is 11.5 Å². The predicted octanol–water partition coefficient (Wildman–Crippen LogP) is 4.72. The molecule has 242 valence electrons. The Morgan fingerprint density at radius 2 is 1.49 bits per heavy atom. The van der Waals surface area contributed by atoms with Gasteiger partial charge >= 0.3 is 0 Å². The predicted molar refractivity (Wildman–Crippen MR) is 178 cm³/mol. The average molecular weight is 637 g/mol. The number of benzene rings is 4. The highest BCUT2D eigenvalue weighted by atomic mass is 16.5. The van der Waals surface area contributed by atoms with Gasteiger partial charge in [-0.15, -0.1) is 0 Å². The molecule has 1 aliphatic heterocycles. The first-order valence-corrected chi connectivity index (χ1v) is 14.8. The highest BCUT2D eigenvalue weighted by Crippen LogP contribution is 2.35. The number of para-hydroxylation sites is 1. The number of hydrogen-bond acceptors (Lipinski definition) is 8. The van der Waals surface area contributed by atoms with Crippen LogP contribution >= 0.6 is 0 Å². The fourth-order valence-corrected chi connectivity index (χ4v) is 5.43. The first kappa shape index (κ1) is 32.6. The van der Waals surface area contributed by atoms with E-state index in [-0.39, 0.29) is 12.1 Å². The number of carbonyl (C=O) groups excluding carboxylic acids is 4. The average Bonchev–Trinajstić information content (AvgIpc) is 3.33. The van der Waals surface area contributed by atoms with Gasteiger partial charge in [0.1, 0.15) is 18.3 Å². The Morgan fingerprint density at radius 3 is 2.13 bits per heavy atom. The molecule has 3 amide bonds. The zero-order valence-corrected chi connectivity index (χ0v) is 26.9. The third-order valence-corrected chi connectivity index (χ3v) is 7.94. The fraction of sp³-hybridized carbons (Fsp3) is 0.222. The van der Waals surface area contributed by atoms with E-state index in [0.717, 1.165) is 10.6 Å². The maximum atomic E-state index is 14.4. The van der Waals surface area contributed by atoms with Crippen molar-refractivity contribution in [2.75, 3.05) is 57.1 Å². The summed E-state index contributed by atoms with van der Waals surface area (Å²) in [6.45, 7) is -0.473. The first-order valence-electron chi connectivity index (χ1n) is 14.8. The van der Waals surface area contributed by atoms with Gasteiger partial charge in [-0.1, -0.05) is 30.3 Å². The van der Waals surface area contributed by atoms with E-state index in [1.54, 1.807) is 86.0 Å². The third kappa shape index (κ3) is 6.89. The van der Waals surface area contributed by atoms with Gasteiger partial charge in [0.2, 0.25) is 5.91 Å². The van der Waals surface area contributed by atoms with Crippen molar-refractivity contribution in [2.24, 2.45) is 0 Å². The third-order valence-electron chi connectivity index (χ3n) is 7.94. The lowest BCUT2D eigenvalue weighted by Crippen LogP contribution is -2.46. The quantitative estimate of drug-likeness (QED) is 0.222. The number of rotatable bonds is 12. The molecule has 0 saturated carbocycles. The van der Waals surface area contributed by atoms with Gasteiger partial charge in [0.25, 0.3) is 17.6 Å². The lowest BCUT2D eigenvalue weighted by molar-refractivity contribution is -0.139. The molecule has 0 aliphatic carbocycles. The molecule has 11 nitrogen and oxygen atoms in total. The Bertz CT molecular complexity index is 1790. The molecule has 1 unspecified atom stereocenters. The second-order valence-electron chi connectivity index (χ2n) is 11.1. The van der Waals surface area contributed by atoms with E-state index in [1.807, 2.05) is 31.1 Å². The minimum absolute atomic E-state index is 0.00749. The molecule has 1 heterocycles. The molecule has 47 heavy (non-hydrogen) atoms. The number of anilines is 3. The van der Waals surface area contributed by atoms with Crippen LogP contribution in [0.25, 0.3) is 0 Å². The lowest BCUT2D eigenvalue weighted by Gasteiger charge is -2.33. The number of ether oxygens (including phenoxy) is 3. The van der Waals surface area contributed by atoms with E-state index in [9.17, 15) is 19.2 Å². The van der Waals surface area contributed by atoms with Crippen molar-refractivity contribution in [2.45, 2.75) is 12.6 Å². The highest BCUT2D eigenvalue weighted by molar-refractivity contribution is 6.52. The number of hydrogen-bond donors (Lipinski definition) is 1. The van der Waals surface area contributed by atoms with Crippen molar-refractivity contribution in [1.29, 1.82) is 0 Å². The van der Waals surface area contributed by atoms with E-state index in [1.165, 1.54) is 19.1 Å². The highest BCUT2D eigenvalue weighted by Gasteiger charge is 2.39. The van der Waals surface area contributed by atoms with Gasteiger partial charge in [-0.2, -0.15) is 0 Å². The normalized spacial score (nSPS) is 12.7. The summed E-state index contributed by atoms with van der Waals surface area (Å²) in [5, 5.41) is 2.96. The van der Waals surface area contributed by atoms with Gasteiger partial charge in [-0.25, -0.2) is 0 Å². The molecule has 1 atom stereocenters. The number of carbonyl (C=O) groups is 4. The van der Waals surface area contributed by atoms with Crippen molar-refractivity contribution in [3.8, 4) is 17.2 Å². The summed E-state index contributed by atoms with van der Waals surface area (Å²) in [6.07, 6.45) is 0. The summed E-state index contributed by atoms with van der Waals surface area (Å²) in [5.41, 5.74) is 3.18. The summed E-state index contributed by atoms with van der Waals surface area (Å²) in [6, 6.07) is 24.7. The molecule has 0 spiro atoms. The summed E-state index contributed by atoms with van der Waals surface area (Å²) in [7, 11) is 8.38. The van der Waals surface area contributed by atoms with Crippen LogP contribution in [0.5, 0.6) is 17.2 Å². The molecule has 0 saturated heterocycles. The van der Waals surface area contributed by atoms with Crippen molar-refractivity contribution in [3.63, 3.8) is 0 Å². The van der Waals surface area contributed by atoms with Crippen LogP contribution in [0.4, 0.5) is 17.1 Å². The maximum absolute atomic E-state index is 14.4. The molecule has 4 aromatic carbocycles. The van der Waals surface area contributed by atoms with Crippen LogP contribution in [0, 0.1) is 0 Å². The van der Waals surface area contributed by atoms with Gasteiger partial charge in [-0.05, 0) is 71.8 Å². The summed E-state index contributed by atoms with van der Waals surface area (Å²) in [5.74, 6) is -1.12. The number of nitrogens with zero attached hydrogens (tertiary/aromatic N) is 3. The molecule has 5 rings (SSSR count). The number of amides is 3. The number of ketones is 1. The van der Waals surface area contributed by atoms with Crippen molar-refractivity contribution in [3.05, 3.63) is 108 Å². The standard InChI is InChI=1S/C36H36N4O7/c1-38(2)26-15-13-25(14-16-26)37-35(43)33(24-12-19-30(46-4)31(20-24)47-5)40(21-23-10-17-27(45-3)18-11-23)32(41)22-39-29-9-7-6-8-28(29)34(42)36(39)44/h6-20,33H,21-22H2,1-5H3,(H,37,43). The molecule has 1 N–H and O–H groups in total. The maximum Gasteiger partial charge on any atom is 0.299 e. The van der Waals surface area contributed by atoms with E-state index < -0.39 is 36.1 Å². The Morgan fingerprint density at radius 1 is 0.809 bits per heavy atom. The van der Waals surface area contributed by atoms with Gasteiger partial charge in [-0.3, -0.25) is 24.1 Å². The van der Waals surface area contributed by atoms with Crippen molar-refractivity contribution >= 4 is 40.6 Å². The molecule has 1 aliphatic rings. The fourth-order valence-electron chi connectivity index (χ4n) is 5.43. The second kappa shape index (κ2) is 14.1. The summed E-state index contributed by atoms with van der Waals surface area (Å²) < 4.78 is 16.3. The number of Topliss-reactive ketones (excluding diaryl/α,β-unsaturated/α-hetero) is 1.